The van der Waals surface area contributed by atoms with E-state index in [9.17, 15) is 0 Å². The molecule has 0 amide bonds. The smallest absolute Gasteiger partial charge is 0.0360 e. The largest absolute Gasteiger partial charge is 0.351 e. The molecule has 0 aromatic rings. The molecule has 0 unspecified atom stereocenters. The Bertz CT molecular complexity index is 221. The first-order valence-electron chi connectivity index (χ1n) is 3.40. The molecular formula is C9H13N. The molecule has 0 spiro atoms. The van der Waals surface area contributed by atoms with Crippen LogP contribution in [0.3, 0.4) is 0 Å². The zero-order chi connectivity index (χ0) is 7.72. The molecule has 54 valence electrons. The van der Waals surface area contributed by atoms with E-state index >= 15 is 0 Å². The molecule has 10 heavy (non-hydrogen) atoms. The van der Waals surface area contributed by atoms with Crippen LogP contribution in [0.5, 0.6) is 0 Å². The SMILES string of the molecule is C=C1C(C)=CC(C)=CN1C. The molecule has 0 saturated heterocycles. The Hall–Kier alpha value is -0.980. The van der Waals surface area contributed by atoms with E-state index < -0.39 is 0 Å². The Balaban J connectivity index is 2.95. The van der Waals surface area contributed by atoms with Crippen LogP contribution in [-0.2, 0) is 0 Å². The molecule has 1 aliphatic rings. The highest BCUT2D eigenvalue weighted by molar-refractivity contribution is 5.37. The molecule has 0 saturated carbocycles. The van der Waals surface area contributed by atoms with E-state index in [1.807, 2.05) is 11.9 Å². The lowest BCUT2D eigenvalue weighted by atomic mass is 10.1. The molecular weight excluding hydrogens is 122 g/mol. The second-order valence-electron chi connectivity index (χ2n) is 2.76. The fourth-order valence-corrected chi connectivity index (χ4v) is 1.12. The van der Waals surface area contributed by atoms with E-state index in [1.54, 1.807) is 0 Å². The average Bonchev–Trinajstić information content (AvgIpc) is 1.82. The number of hydrogen-bond donors (Lipinski definition) is 0. The van der Waals surface area contributed by atoms with Crippen LogP contribution in [0, 0.1) is 0 Å². The summed E-state index contributed by atoms with van der Waals surface area (Å²) in [6.45, 7) is 8.09. The Kier molecular flexibility index (Phi) is 1.66. The van der Waals surface area contributed by atoms with Gasteiger partial charge in [0.1, 0.15) is 0 Å². The molecule has 0 radical (unpaired) electrons. The Labute approximate surface area is 62.3 Å². The van der Waals surface area contributed by atoms with Crippen molar-refractivity contribution in [1.29, 1.82) is 0 Å². The second-order valence-corrected chi connectivity index (χ2v) is 2.76. The Morgan fingerprint density at radius 3 is 2.50 bits per heavy atom. The lowest BCUT2D eigenvalue weighted by Gasteiger charge is -2.22. The number of hydrogen-bond acceptors (Lipinski definition) is 1. The fourth-order valence-electron chi connectivity index (χ4n) is 1.12. The number of nitrogens with zero attached hydrogens (tertiary/aromatic N) is 1. The third-order valence-corrected chi connectivity index (χ3v) is 1.72. The third-order valence-electron chi connectivity index (χ3n) is 1.72. The van der Waals surface area contributed by atoms with Crippen LogP contribution in [0.15, 0.2) is 35.7 Å². The molecule has 1 rings (SSSR count). The van der Waals surface area contributed by atoms with Gasteiger partial charge in [0.2, 0.25) is 0 Å². The molecule has 1 heterocycles. The minimum atomic E-state index is 1.09. The first kappa shape index (κ1) is 7.13. The molecule has 0 aliphatic carbocycles. The fraction of sp³-hybridized carbons (Fsp3) is 0.333. The molecule has 0 N–H and O–H groups in total. The molecule has 0 aromatic heterocycles. The summed E-state index contributed by atoms with van der Waals surface area (Å²) in [5, 5.41) is 0. The standard InChI is InChI=1S/C9H13N/c1-7-5-8(2)9(3)10(4)6-7/h5-6H,3H2,1-2,4H3. The molecule has 1 heteroatoms. The quantitative estimate of drug-likeness (QED) is 0.492. The van der Waals surface area contributed by atoms with Crippen molar-refractivity contribution in [3.05, 3.63) is 35.7 Å². The van der Waals surface area contributed by atoms with Crippen LogP contribution in [0.4, 0.5) is 0 Å². The van der Waals surface area contributed by atoms with Crippen molar-refractivity contribution in [2.24, 2.45) is 0 Å². The van der Waals surface area contributed by atoms with E-state index in [2.05, 4.69) is 32.7 Å². The Morgan fingerprint density at radius 2 is 2.00 bits per heavy atom. The van der Waals surface area contributed by atoms with Crippen molar-refractivity contribution in [1.82, 2.24) is 4.90 Å². The van der Waals surface area contributed by atoms with Gasteiger partial charge in [-0.25, -0.2) is 0 Å². The van der Waals surface area contributed by atoms with Gasteiger partial charge in [-0.05, 0) is 25.0 Å². The van der Waals surface area contributed by atoms with Gasteiger partial charge >= 0.3 is 0 Å². The van der Waals surface area contributed by atoms with Gasteiger partial charge < -0.3 is 4.90 Å². The lowest BCUT2D eigenvalue weighted by molar-refractivity contribution is 0.570. The van der Waals surface area contributed by atoms with E-state index in [1.165, 1.54) is 11.1 Å². The summed E-state index contributed by atoms with van der Waals surface area (Å²) >= 11 is 0. The molecule has 0 aromatic carbocycles. The van der Waals surface area contributed by atoms with Crippen molar-refractivity contribution < 1.29 is 0 Å². The molecule has 0 fully saturated rings. The summed E-state index contributed by atoms with van der Waals surface area (Å²) in [7, 11) is 2.02. The van der Waals surface area contributed by atoms with E-state index in [0.717, 1.165) is 5.70 Å². The van der Waals surface area contributed by atoms with Gasteiger partial charge in [0.15, 0.2) is 0 Å². The van der Waals surface area contributed by atoms with Gasteiger partial charge in [0.25, 0.3) is 0 Å². The predicted molar refractivity (Wildman–Crippen MR) is 44.4 cm³/mol. The molecule has 0 atom stereocenters. The van der Waals surface area contributed by atoms with E-state index in [-0.39, 0.29) is 0 Å². The monoisotopic (exact) mass is 135 g/mol. The van der Waals surface area contributed by atoms with Crippen molar-refractivity contribution in [2.75, 3.05) is 7.05 Å². The van der Waals surface area contributed by atoms with Gasteiger partial charge in [-0.3, -0.25) is 0 Å². The highest BCUT2D eigenvalue weighted by atomic mass is 15.1. The zero-order valence-electron chi connectivity index (χ0n) is 6.81. The van der Waals surface area contributed by atoms with Crippen LogP contribution in [0.2, 0.25) is 0 Å². The Morgan fingerprint density at radius 1 is 1.40 bits per heavy atom. The van der Waals surface area contributed by atoms with Crippen LogP contribution in [-0.4, -0.2) is 11.9 Å². The highest BCUT2D eigenvalue weighted by Gasteiger charge is 2.05. The minimum absolute atomic E-state index is 1.09. The maximum Gasteiger partial charge on any atom is 0.0360 e. The lowest BCUT2D eigenvalue weighted by Crippen LogP contribution is -2.13. The van der Waals surface area contributed by atoms with Crippen LogP contribution in [0.25, 0.3) is 0 Å². The summed E-state index contributed by atoms with van der Waals surface area (Å²) < 4.78 is 0. The van der Waals surface area contributed by atoms with Gasteiger partial charge in [0, 0.05) is 18.9 Å². The van der Waals surface area contributed by atoms with Crippen molar-refractivity contribution in [3.8, 4) is 0 Å². The first-order chi connectivity index (χ1) is 4.61. The van der Waals surface area contributed by atoms with Crippen LogP contribution >= 0.6 is 0 Å². The number of rotatable bonds is 0. The van der Waals surface area contributed by atoms with Crippen molar-refractivity contribution >= 4 is 0 Å². The highest BCUT2D eigenvalue weighted by Crippen LogP contribution is 2.19. The van der Waals surface area contributed by atoms with E-state index in [4.69, 9.17) is 0 Å². The minimum Gasteiger partial charge on any atom is -0.351 e. The zero-order valence-corrected chi connectivity index (χ0v) is 6.81. The van der Waals surface area contributed by atoms with Crippen molar-refractivity contribution in [3.63, 3.8) is 0 Å². The summed E-state index contributed by atoms with van der Waals surface area (Å²) in [5.41, 5.74) is 3.63. The maximum atomic E-state index is 3.92. The molecule has 0 bridgehead atoms. The predicted octanol–water partition coefficient (Wildman–Crippen LogP) is 2.30. The van der Waals surface area contributed by atoms with Gasteiger partial charge in [-0.1, -0.05) is 12.7 Å². The van der Waals surface area contributed by atoms with Crippen LogP contribution in [0.1, 0.15) is 13.8 Å². The normalized spacial score (nSPS) is 18.7. The number of allylic oxidation sites excluding steroid dienone is 3. The van der Waals surface area contributed by atoms with Crippen LogP contribution < -0.4 is 0 Å². The number of likely N-dealkylation sites (N-methyl/N-ethyl adjacent to an activating group) is 1. The third kappa shape index (κ3) is 1.13. The van der Waals surface area contributed by atoms with Crippen molar-refractivity contribution in [2.45, 2.75) is 13.8 Å². The van der Waals surface area contributed by atoms with Gasteiger partial charge in [-0.15, -0.1) is 0 Å². The van der Waals surface area contributed by atoms with Gasteiger partial charge in [0.05, 0.1) is 0 Å². The summed E-state index contributed by atoms with van der Waals surface area (Å²) in [5.74, 6) is 0. The second kappa shape index (κ2) is 2.33. The first-order valence-corrected chi connectivity index (χ1v) is 3.40. The maximum absolute atomic E-state index is 3.92. The summed E-state index contributed by atoms with van der Waals surface area (Å²) in [4.78, 5) is 2.05. The molecule has 1 aliphatic heterocycles. The summed E-state index contributed by atoms with van der Waals surface area (Å²) in [6, 6.07) is 0. The van der Waals surface area contributed by atoms with Gasteiger partial charge in [-0.2, -0.15) is 0 Å². The molecule has 1 nitrogen and oxygen atoms in total. The topological polar surface area (TPSA) is 3.24 Å². The van der Waals surface area contributed by atoms with E-state index in [0.29, 0.717) is 0 Å². The summed E-state index contributed by atoms with van der Waals surface area (Å²) in [6.07, 6.45) is 4.22. The average molecular weight is 135 g/mol.